The van der Waals surface area contributed by atoms with E-state index in [4.69, 9.17) is 21.4 Å². The number of methoxy groups -OCH3 is 1. The summed E-state index contributed by atoms with van der Waals surface area (Å²) in [6.07, 6.45) is 0. The minimum atomic E-state index is -1.23. The Morgan fingerprint density at radius 3 is 2.57 bits per heavy atom. The monoisotopic (exact) mass is 216 g/mol. The van der Waals surface area contributed by atoms with E-state index in [9.17, 15) is 9.90 Å². The van der Waals surface area contributed by atoms with E-state index in [0.717, 1.165) is 0 Å². The van der Waals surface area contributed by atoms with Gasteiger partial charge >= 0.3 is 5.97 Å². The average Bonchev–Trinajstić information content (AvgIpc) is 2.12. The van der Waals surface area contributed by atoms with Crippen LogP contribution in [0.4, 0.5) is 0 Å². The number of halogens is 1. The Kier molecular flexibility index (Phi) is 2.86. The van der Waals surface area contributed by atoms with Crippen LogP contribution >= 0.6 is 11.6 Å². The van der Waals surface area contributed by atoms with E-state index >= 15 is 0 Å². The molecule has 0 fully saturated rings. The molecule has 0 aromatic heterocycles. The van der Waals surface area contributed by atoms with Crippen molar-refractivity contribution in [3.05, 3.63) is 22.2 Å². The van der Waals surface area contributed by atoms with Crippen molar-refractivity contribution in [2.24, 2.45) is 0 Å². The molecule has 0 aliphatic rings. The van der Waals surface area contributed by atoms with Gasteiger partial charge in [-0.15, -0.1) is 0 Å². The molecule has 0 bridgehead atoms. The van der Waals surface area contributed by atoms with Crippen molar-refractivity contribution in [3.63, 3.8) is 0 Å². The lowest BCUT2D eigenvalue weighted by Gasteiger charge is -2.10. The summed E-state index contributed by atoms with van der Waals surface area (Å²) in [6.45, 7) is 1.65. The van der Waals surface area contributed by atoms with Gasteiger partial charge in [0.2, 0.25) is 0 Å². The molecule has 0 radical (unpaired) electrons. The molecule has 2 N–H and O–H groups in total. The number of rotatable bonds is 2. The number of aromatic carboxylic acids is 1. The molecule has 0 saturated heterocycles. The van der Waals surface area contributed by atoms with Gasteiger partial charge in [0, 0.05) is 0 Å². The zero-order valence-corrected chi connectivity index (χ0v) is 8.42. The standard InChI is InChI=1S/C9H9ClO4/c1-4-3-5(9(12)13)7(11)6(10)8(4)14-2/h3,11H,1-2H3,(H,12,13). The highest BCUT2D eigenvalue weighted by molar-refractivity contribution is 6.34. The Morgan fingerprint density at radius 2 is 2.14 bits per heavy atom. The summed E-state index contributed by atoms with van der Waals surface area (Å²) in [5.41, 5.74) is 0.334. The first-order valence-corrected chi connectivity index (χ1v) is 4.16. The number of ether oxygens (including phenoxy) is 1. The third kappa shape index (κ3) is 1.61. The van der Waals surface area contributed by atoms with Gasteiger partial charge in [-0.05, 0) is 18.6 Å². The second-order valence-electron chi connectivity index (χ2n) is 2.74. The van der Waals surface area contributed by atoms with Gasteiger partial charge in [-0.2, -0.15) is 0 Å². The van der Waals surface area contributed by atoms with E-state index in [-0.39, 0.29) is 16.3 Å². The van der Waals surface area contributed by atoms with Crippen LogP contribution in [0.3, 0.4) is 0 Å². The zero-order chi connectivity index (χ0) is 10.9. The summed E-state index contributed by atoms with van der Waals surface area (Å²) in [6, 6.07) is 1.31. The van der Waals surface area contributed by atoms with Crippen LogP contribution in [-0.4, -0.2) is 23.3 Å². The molecule has 0 aliphatic carbocycles. The number of aromatic hydroxyl groups is 1. The van der Waals surface area contributed by atoms with Crippen LogP contribution in [0.15, 0.2) is 6.07 Å². The Balaban J connectivity index is 3.47. The topological polar surface area (TPSA) is 66.8 Å². The number of carboxylic acid groups (broad SMARTS) is 1. The maximum Gasteiger partial charge on any atom is 0.339 e. The summed E-state index contributed by atoms with van der Waals surface area (Å²) in [7, 11) is 1.40. The highest BCUT2D eigenvalue weighted by atomic mass is 35.5. The number of aryl methyl sites for hydroxylation is 1. The highest BCUT2D eigenvalue weighted by Gasteiger charge is 2.18. The smallest absolute Gasteiger partial charge is 0.339 e. The minimum absolute atomic E-state index is 0.0788. The van der Waals surface area contributed by atoms with Gasteiger partial charge < -0.3 is 14.9 Å². The lowest BCUT2D eigenvalue weighted by molar-refractivity contribution is 0.0693. The highest BCUT2D eigenvalue weighted by Crippen LogP contribution is 2.38. The summed E-state index contributed by atoms with van der Waals surface area (Å²) in [4.78, 5) is 10.7. The van der Waals surface area contributed by atoms with Crippen LogP contribution in [-0.2, 0) is 0 Å². The van der Waals surface area contributed by atoms with Crippen molar-refractivity contribution >= 4 is 17.6 Å². The van der Waals surface area contributed by atoms with Gasteiger partial charge in [0.05, 0.1) is 7.11 Å². The number of carbonyl (C=O) groups is 1. The number of hydrogen-bond donors (Lipinski definition) is 2. The van der Waals surface area contributed by atoms with E-state index in [1.807, 2.05) is 0 Å². The Labute approximate surface area is 85.7 Å². The number of benzene rings is 1. The zero-order valence-electron chi connectivity index (χ0n) is 7.67. The molecule has 1 aromatic rings. The van der Waals surface area contributed by atoms with Gasteiger partial charge in [0.15, 0.2) is 5.75 Å². The molecule has 0 aliphatic heterocycles. The maximum atomic E-state index is 10.7. The first kappa shape index (κ1) is 10.7. The van der Waals surface area contributed by atoms with Gasteiger partial charge in [-0.25, -0.2) is 4.79 Å². The van der Waals surface area contributed by atoms with E-state index < -0.39 is 11.7 Å². The normalized spacial score (nSPS) is 9.93. The van der Waals surface area contributed by atoms with E-state index in [1.165, 1.54) is 13.2 Å². The van der Waals surface area contributed by atoms with Crippen molar-refractivity contribution in [1.29, 1.82) is 0 Å². The first-order chi connectivity index (χ1) is 6.49. The molecular formula is C9H9ClO4. The third-order valence-electron chi connectivity index (χ3n) is 1.82. The maximum absolute atomic E-state index is 10.7. The molecule has 0 amide bonds. The molecule has 1 aromatic carbocycles. The van der Waals surface area contributed by atoms with Gasteiger partial charge in [0.25, 0.3) is 0 Å². The number of hydrogen-bond acceptors (Lipinski definition) is 3. The van der Waals surface area contributed by atoms with Crippen LogP contribution in [0.5, 0.6) is 11.5 Å². The Morgan fingerprint density at radius 1 is 1.57 bits per heavy atom. The largest absolute Gasteiger partial charge is 0.505 e. The summed E-state index contributed by atoms with van der Waals surface area (Å²) >= 11 is 5.71. The van der Waals surface area contributed by atoms with Gasteiger partial charge in [-0.1, -0.05) is 11.6 Å². The molecule has 0 saturated carbocycles. The average molecular weight is 217 g/mol. The molecular weight excluding hydrogens is 208 g/mol. The van der Waals surface area contributed by atoms with Crippen LogP contribution in [0.25, 0.3) is 0 Å². The molecule has 1 rings (SSSR count). The molecule has 0 heterocycles. The van der Waals surface area contributed by atoms with Crippen LogP contribution in [0.2, 0.25) is 5.02 Å². The number of phenols is 1. The molecule has 0 atom stereocenters. The van der Waals surface area contributed by atoms with E-state index in [1.54, 1.807) is 6.92 Å². The summed E-state index contributed by atoms with van der Waals surface area (Å²) in [5.74, 6) is -1.41. The second-order valence-corrected chi connectivity index (χ2v) is 3.12. The molecule has 0 spiro atoms. The summed E-state index contributed by atoms with van der Waals surface area (Å²) in [5, 5.41) is 18.1. The van der Waals surface area contributed by atoms with Crippen molar-refractivity contribution in [2.75, 3.05) is 7.11 Å². The molecule has 4 nitrogen and oxygen atoms in total. The fraction of sp³-hybridized carbons (Fsp3) is 0.222. The molecule has 0 unspecified atom stereocenters. The van der Waals surface area contributed by atoms with Crippen molar-refractivity contribution in [2.45, 2.75) is 6.92 Å². The lowest BCUT2D eigenvalue weighted by Crippen LogP contribution is -2.00. The van der Waals surface area contributed by atoms with Gasteiger partial charge in [0.1, 0.15) is 16.3 Å². The van der Waals surface area contributed by atoms with Crippen molar-refractivity contribution < 1.29 is 19.7 Å². The van der Waals surface area contributed by atoms with Gasteiger partial charge in [-0.3, -0.25) is 0 Å². The summed E-state index contributed by atoms with van der Waals surface area (Å²) < 4.78 is 4.91. The van der Waals surface area contributed by atoms with E-state index in [0.29, 0.717) is 5.56 Å². The lowest BCUT2D eigenvalue weighted by atomic mass is 10.1. The first-order valence-electron chi connectivity index (χ1n) is 3.78. The van der Waals surface area contributed by atoms with Crippen LogP contribution in [0.1, 0.15) is 15.9 Å². The quantitative estimate of drug-likeness (QED) is 0.794. The SMILES string of the molecule is COc1c(C)cc(C(=O)O)c(O)c1Cl. The third-order valence-corrected chi connectivity index (χ3v) is 2.17. The van der Waals surface area contributed by atoms with Crippen molar-refractivity contribution in [1.82, 2.24) is 0 Å². The molecule has 14 heavy (non-hydrogen) atoms. The van der Waals surface area contributed by atoms with Crippen molar-refractivity contribution in [3.8, 4) is 11.5 Å². The molecule has 76 valence electrons. The predicted octanol–water partition coefficient (Wildman–Crippen LogP) is 2.06. The molecule has 5 heteroatoms. The minimum Gasteiger partial charge on any atom is -0.505 e. The second kappa shape index (κ2) is 3.75. The predicted molar refractivity (Wildman–Crippen MR) is 51.4 cm³/mol. The van der Waals surface area contributed by atoms with Crippen LogP contribution < -0.4 is 4.74 Å². The number of carboxylic acids is 1. The van der Waals surface area contributed by atoms with Crippen LogP contribution in [0, 0.1) is 6.92 Å². The fourth-order valence-corrected chi connectivity index (χ4v) is 1.49. The Hall–Kier alpha value is -1.42. The van der Waals surface area contributed by atoms with E-state index in [2.05, 4.69) is 0 Å². The Bertz CT molecular complexity index is 387. The fourth-order valence-electron chi connectivity index (χ4n) is 1.16.